The van der Waals surface area contributed by atoms with Gasteiger partial charge >= 0.3 is 0 Å². The summed E-state index contributed by atoms with van der Waals surface area (Å²) < 4.78 is 0. The molecule has 0 spiro atoms. The highest BCUT2D eigenvalue weighted by Gasteiger charge is 2.37. The predicted octanol–water partition coefficient (Wildman–Crippen LogP) is -1.33. The maximum absolute atomic E-state index is 13.8. The Morgan fingerprint density at radius 3 is 2.48 bits per heavy atom. The van der Waals surface area contributed by atoms with Crippen molar-refractivity contribution >= 4 is 42.0 Å². The molecule has 2 atom stereocenters. The van der Waals surface area contributed by atoms with Gasteiger partial charge in [-0.1, -0.05) is 0 Å². The Bertz CT molecular complexity index is 1130. The Morgan fingerprint density at radius 1 is 1.07 bits per heavy atom. The third-order valence-electron chi connectivity index (χ3n) is 8.10. The van der Waals surface area contributed by atoms with E-state index in [1.54, 1.807) is 9.80 Å². The van der Waals surface area contributed by atoms with E-state index in [-0.39, 0.29) is 85.9 Å². The van der Waals surface area contributed by atoms with Crippen LogP contribution in [-0.4, -0.2) is 130 Å². The number of likely N-dealkylation sites (tertiary alicyclic amines) is 2. The zero-order valence-corrected chi connectivity index (χ0v) is 25.8. The SMILES string of the molecule is Cl.N=C(N)N1CCC[C@@H](CNC(=O)C[C@H](NC(=O)CN2CCC(O)CC2)C(=O)N(CCNC(=O)c2cnccn2)C2CC2)C1. The number of amides is 4. The van der Waals surface area contributed by atoms with Gasteiger partial charge in [0.05, 0.1) is 25.3 Å². The highest BCUT2D eigenvalue weighted by atomic mass is 35.5. The molecule has 3 heterocycles. The van der Waals surface area contributed by atoms with E-state index >= 15 is 0 Å². The molecule has 0 radical (unpaired) electrons. The van der Waals surface area contributed by atoms with Gasteiger partial charge in [0.15, 0.2) is 5.96 Å². The smallest absolute Gasteiger partial charge is 0.271 e. The largest absolute Gasteiger partial charge is 0.393 e. The lowest BCUT2D eigenvalue weighted by Crippen LogP contribution is -2.54. The van der Waals surface area contributed by atoms with Crippen molar-refractivity contribution in [3.63, 3.8) is 0 Å². The van der Waals surface area contributed by atoms with Crippen molar-refractivity contribution in [1.29, 1.82) is 5.41 Å². The molecule has 2 saturated heterocycles. The number of nitrogens with zero attached hydrogens (tertiary/aromatic N) is 5. The monoisotopic (exact) mass is 636 g/mol. The second-order valence-corrected chi connectivity index (χ2v) is 11.6. The quantitative estimate of drug-likeness (QED) is 0.111. The molecule has 16 heteroatoms. The van der Waals surface area contributed by atoms with Gasteiger partial charge in [0, 0.05) is 64.2 Å². The fraction of sp³-hybridized carbons (Fsp3) is 0.679. The topological polar surface area (TPSA) is 210 Å². The summed E-state index contributed by atoms with van der Waals surface area (Å²) in [7, 11) is 0. The molecule has 244 valence electrons. The number of rotatable bonds is 13. The first kappa shape index (κ1) is 34.9. The fourth-order valence-corrected chi connectivity index (χ4v) is 5.54. The van der Waals surface area contributed by atoms with E-state index < -0.39 is 11.9 Å². The summed E-state index contributed by atoms with van der Waals surface area (Å²) in [6.45, 7) is 3.29. The molecule has 1 saturated carbocycles. The fourth-order valence-electron chi connectivity index (χ4n) is 5.54. The molecular weight excluding hydrogens is 592 g/mol. The molecule has 44 heavy (non-hydrogen) atoms. The lowest BCUT2D eigenvalue weighted by atomic mass is 9.98. The van der Waals surface area contributed by atoms with Gasteiger partial charge in [-0.25, -0.2) is 4.98 Å². The van der Waals surface area contributed by atoms with Crippen molar-refractivity contribution in [2.45, 2.75) is 63.1 Å². The van der Waals surface area contributed by atoms with Gasteiger partial charge < -0.3 is 36.6 Å². The summed E-state index contributed by atoms with van der Waals surface area (Å²) in [4.78, 5) is 65.5. The lowest BCUT2D eigenvalue weighted by molar-refractivity contribution is -0.139. The van der Waals surface area contributed by atoms with Crippen LogP contribution in [0.1, 0.15) is 55.4 Å². The van der Waals surface area contributed by atoms with E-state index in [2.05, 4.69) is 25.9 Å². The van der Waals surface area contributed by atoms with E-state index in [4.69, 9.17) is 11.1 Å². The molecule has 3 aliphatic rings. The molecule has 0 aromatic carbocycles. The van der Waals surface area contributed by atoms with Gasteiger partial charge in [-0.3, -0.25) is 34.5 Å². The van der Waals surface area contributed by atoms with Crippen LogP contribution in [-0.2, 0) is 14.4 Å². The Morgan fingerprint density at radius 2 is 1.82 bits per heavy atom. The Labute approximate surface area is 263 Å². The number of aliphatic hydroxyl groups excluding tert-OH is 1. The molecular formula is C28H45ClN10O5. The highest BCUT2D eigenvalue weighted by Crippen LogP contribution is 2.27. The van der Waals surface area contributed by atoms with Crippen LogP contribution in [0, 0.1) is 11.3 Å². The maximum atomic E-state index is 13.8. The van der Waals surface area contributed by atoms with E-state index in [1.807, 2.05) is 4.90 Å². The average Bonchev–Trinajstić information content (AvgIpc) is 3.85. The van der Waals surface area contributed by atoms with Gasteiger partial charge in [0.25, 0.3) is 5.91 Å². The molecule has 15 nitrogen and oxygen atoms in total. The van der Waals surface area contributed by atoms with Crippen LogP contribution < -0.4 is 21.7 Å². The number of aromatic nitrogens is 2. The molecule has 1 aliphatic carbocycles. The summed E-state index contributed by atoms with van der Waals surface area (Å²) in [5, 5.41) is 25.9. The number of hydrogen-bond acceptors (Lipinski definition) is 9. The van der Waals surface area contributed by atoms with Gasteiger partial charge in [-0.15, -0.1) is 12.4 Å². The average molecular weight is 637 g/mol. The normalized spacial score (nSPS) is 19.7. The predicted molar refractivity (Wildman–Crippen MR) is 164 cm³/mol. The molecule has 7 N–H and O–H groups in total. The minimum atomic E-state index is -1.07. The van der Waals surface area contributed by atoms with Gasteiger partial charge in [-0.2, -0.15) is 0 Å². The number of hydrogen-bond donors (Lipinski definition) is 6. The first-order chi connectivity index (χ1) is 20.7. The number of aliphatic hydroxyl groups is 1. The number of halogens is 1. The number of carbonyl (C=O) groups excluding carboxylic acids is 4. The number of piperidine rings is 2. The van der Waals surface area contributed by atoms with Crippen LogP contribution in [0.25, 0.3) is 0 Å². The van der Waals surface area contributed by atoms with Crippen LogP contribution in [0.4, 0.5) is 0 Å². The second-order valence-electron chi connectivity index (χ2n) is 11.6. The molecule has 2 aliphatic heterocycles. The summed E-state index contributed by atoms with van der Waals surface area (Å²) >= 11 is 0. The van der Waals surface area contributed by atoms with Crippen molar-refractivity contribution in [3.8, 4) is 0 Å². The molecule has 0 unspecified atom stereocenters. The molecule has 4 rings (SSSR count). The minimum absolute atomic E-state index is 0. The first-order valence-corrected chi connectivity index (χ1v) is 15.1. The second kappa shape index (κ2) is 17.1. The molecule has 3 fully saturated rings. The summed E-state index contributed by atoms with van der Waals surface area (Å²) in [5.41, 5.74) is 5.81. The Kier molecular flexibility index (Phi) is 13.5. The van der Waals surface area contributed by atoms with Gasteiger partial charge in [-0.05, 0) is 44.4 Å². The molecule has 1 aromatic rings. The van der Waals surface area contributed by atoms with E-state index in [0.717, 1.165) is 25.7 Å². The Hall–Kier alpha value is -3.56. The van der Waals surface area contributed by atoms with Crippen molar-refractivity contribution in [2.75, 3.05) is 52.4 Å². The zero-order valence-electron chi connectivity index (χ0n) is 24.9. The van der Waals surface area contributed by atoms with Crippen LogP contribution in [0.3, 0.4) is 0 Å². The van der Waals surface area contributed by atoms with Gasteiger partial charge in [0.2, 0.25) is 17.7 Å². The van der Waals surface area contributed by atoms with Crippen LogP contribution in [0.5, 0.6) is 0 Å². The number of nitrogens with one attached hydrogen (secondary N) is 4. The van der Waals surface area contributed by atoms with Crippen molar-refractivity contribution in [2.24, 2.45) is 11.7 Å². The van der Waals surface area contributed by atoms with E-state index in [0.29, 0.717) is 45.6 Å². The highest BCUT2D eigenvalue weighted by molar-refractivity contribution is 5.93. The zero-order chi connectivity index (χ0) is 30.8. The molecule has 0 bridgehead atoms. The molecule has 1 aromatic heterocycles. The summed E-state index contributed by atoms with van der Waals surface area (Å²) in [6.07, 6.45) is 8.20. The van der Waals surface area contributed by atoms with Crippen LogP contribution in [0.2, 0.25) is 0 Å². The number of guanidine groups is 1. The summed E-state index contributed by atoms with van der Waals surface area (Å²) in [5.74, 6) is -1.35. The lowest BCUT2D eigenvalue weighted by Gasteiger charge is -2.33. The standard InChI is InChI=1S/C28H44N10O5.ClH/c29-28(30)37-10-1-2-19(17-37)15-34-24(40)14-22(35-25(41)18-36-11-5-21(39)6-12-36)27(43)38(20-3-4-20)13-9-33-26(42)23-16-31-7-8-32-23;/h7-8,16,19-22,39H,1-6,9-15,17-18H2,(H3,29,30)(H,33,42)(H,34,40)(H,35,41);1H/t19-,22-;/m0./s1. The van der Waals surface area contributed by atoms with E-state index in [1.165, 1.54) is 18.6 Å². The van der Waals surface area contributed by atoms with E-state index in [9.17, 15) is 24.3 Å². The summed E-state index contributed by atoms with van der Waals surface area (Å²) in [6, 6.07) is -1.09. The van der Waals surface area contributed by atoms with Crippen molar-refractivity contribution in [3.05, 3.63) is 24.3 Å². The Balaban J connectivity index is 0.00000529. The molecule has 4 amide bonds. The third-order valence-corrected chi connectivity index (χ3v) is 8.10. The minimum Gasteiger partial charge on any atom is -0.393 e. The van der Waals surface area contributed by atoms with Crippen molar-refractivity contribution < 1.29 is 24.3 Å². The maximum Gasteiger partial charge on any atom is 0.271 e. The van der Waals surface area contributed by atoms with Crippen LogP contribution in [0.15, 0.2) is 18.6 Å². The van der Waals surface area contributed by atoms with Gasteiger partial charge in [0.1, 0.15) is 11.7 Å². The first-order valence-electron chi connectivity index (χ1n) is 15.1. The van der Waals surface area contributed by atoms with Crippen LogP contribution >= 0.6 is 12.4 Å². The number of nitrogens with two attached hydrogens (primary N) is 1. The third kappa shape index (κ3) is 10.9. The number of carbonyl (C=O) groups is 4. The van der Waals surface area contributed by atoms with Crippen molar-refractivity contribution in [1.82, 2.24) is 40.6 Å².